The molecule has 2 rings (SSSR count). The fourth-order valence-electron chi connectivity index (χ4n) is 1.29. The number of nitrogens with zero attached hydrogens (tertiary/aromatic N) is 3. The molecule has 0 aliphatic heterocycles. The number of nitrogens with one attached hydrogen (secondary N) is 2. The number of hydrogen-bond acceptors (Lipinski definition) is 6. The molecular formula is C9H6N5O3S2-. The molecule has 8 nitrogen and oxygen atoms in total. The molecule has 1 aromatic carbocycles. The van der Waals surface area contributed by atoms with Gasteiger partial charge in [-0.3, -0.25) is 20.3 Å². The van der Waals surface area contributed by atoms with Crippen LogP contribution in [0.3, 0.4) is 0 Å². The first-order valence-corrected chi connectivity index (χ1v) is 5.70. The molecule has 19 heavy (non-hydrogen) atoms. The Morgan fingerprint density at radius 2 is 1.95 bits per heavy atom. The third-order valence-electron chi connectivity index (χ3n) is 2.16. The smallest absolute Gasteiger partial charge is 0.262 e. The first kappa shape index (κ1) is 13.1. The van der Waals surface area contributed by atoms with E-state index in [0.717, 1.165) is 12.1 Å². The number of aromatic amines is 2. The van der Waals surface area contributed by atoms with Gasteiger partial charge >= 0.3 is 0 Å². The van der Waals surface area contributed by atoms with Crippen LogP contribution >= 0.6 is 24.4 Å². The van der Waals surface area contributed by atoms with E-state index >= 15 is 0 Å². The lowest BCUT2D eigenvalue weighted by atomic mass is 10.2. The van der Waals surface area contributed by atoms with Gasteiger partial charge in [0, 0.05) is 11.6 Å². The maximum atomic E-state index is 11.2. The Bertz CT molecular complexity index is 745. The fourth-order valence-corrected chi connectivity index (χ4v) is 1.73. The summed E-state index contributed by atoms with van der Waals surface area (Å²) < 4.78 is 1.76. The summed E-state index contributed by atoms with van der Waals surface area (Å²) in [6.07, 6.45) is 1.32. The Labute approximate surface area is 116 Å². The number of aromatic nitrogens is 3. The average molecular weight is 296 g/mol. The molecular weight excluding hydrogens is 290 g/mol. The molecule has 0 aliphatic carbocycles. The largest absolute Gasteiger partial charge is 0.868 e. The molecule has 0 atom stereocenters. The van der Waals surface area contributed by atoms with Crippen molar-refractivity contribution in [3.05, 3.63) is 43.4 Å². The van der Waals surface area contributed by atoms with Gasteiger partial charge in [-0.15, -0.1) is 0 Å². The monoisotopic (exact) mass is 296 g/mol. The van der Waals surface area contributed by atoms with Crippen LogP contribution < -0.4 is 5.11 Å². The van der Waals surface area contributed by atoms with E-state index in [1.54, 1.807) is 0 Å². The number of benzene rings is 1. The van der Waals surface area contributed by atoms with Gasteiger partial charge in [0.2, 0.25) is 9.54 Å². The van der Waals surface area contributed by atoms with Crippen molar-refractivity contribution in [3.8, 4) is 5.75 Å². The zero-order valence-corrected chi connectivity index (χ0v) is 10.8. The quantitative estimate of drug-likeness (QED) is 0.385. The highest BCUT2D eigenvalue weighted by Gasteiger charge is 2.06. The second-order valence-corrected chi connectivity index (χ2v) is 4.17. The van der Waals surface area contributed by atoms with Crippen LogP contribution in [0.2, 0.25) is 0 Å². The highest BCUT2D eigenvalue weighted by Crippen LogP contribution is 2.22. The van der Waals surface area contributed by atoms with Gasteiger partial charge in [0.25, 0.3) is 5.69 Å². The van der Waals surface area contributed by atoms with Crippen molar-refractivity contribution in [2.45, 2.75) is 0 Å². The molecule has 2 N–H and O–H groups in total. The Morgan fingerprint density at radius 3 is 2.53 bits per heavy atom. The third-order valence-corrected chi connectivity index (χ3v) is 2.71. The molecule has 0 fully saturated rings. The van der Waals surface area contributed by atoms with Gasteiger partial charge in [-0.25, -0.2) is 0 Å². The van der Waals surface area contributed by atoms with Gasteiger partial charge in [-0.2, -0.15) is 9.78 Å². The van der Waals surface area contributed by atoms with Gasteiger partial charge in [0.15, 0.2) is 0 Å². The lowest BCUT2D eigenvalue weighted by Gasteiger charge is -2.05. The van der Waals surface area contributed by atoms with Crippen molar-refractivity contribution in [1.29, 1.82) is 0 Å². The Kier molecular flexibility index (Phi) is 3.53. The molecule has 0 aliphatic rings. The molecule has 0 amide bonds. The van der Waals surface area contributed by atoms with Crippen LogP contribution in [-0.4, -0.2) is 26.0 Å². The van der Waals surface area contributed by atoms with Crippen molar-refractivity contribution < 1.29 is 10.0 Å². The molecule has 10 heteroatoms. The van der Waals surface area contributed by atoms with Gasteiger partial charge in [-0.05, 0) is 30.2 Å². The van der Waals surface area contributed by atoms with Gasteiger partial charge in [0.05, 0.1) is 11.1 Å². The molecule has 0 saturated carbocycles. The van der Waals surface area contributed by atoms with Gasteiger partial charge < -0.3 is 5.11 Å². The maximum absolute atomic E-state index is 11.2. The molecule has 0 bridgehead atoms. The van der Waals surface area contributed by atoms with Crippen molar-refractivity contribution in [2.75, 3.05) is 0 Å². The van der Waals surface area contributed by atoms with Crippen LogP contribution in [0.4, 0.5) is 5.69 Å². The second-order valence-electron chi connectivity index (χ2n) is 3.40. The predicted molar refractivity (Wildman–Crippen MR) is 70.3 cm³/mol. The summed E-state index contributed by atoms with van der Waals surface area (Å²) in [6.45, 7) is 0. The van der Waals surface area contributed by atoms with Crippen LogP contribution in [0.5, 0.6) is 5.75 Å². The van der Waals surface area contributed by atoms with Crippen molar-refractivity contribution in [1.82, 2.24) is 14.9 Å². The van der Waals surface area contributed by atoms with E-state index in [1.165, 1.54) is 17.0 Å². The average Bonchev–Trinajstić information content (AvgIpc) is 2.68. The molecule has 0 unspecified atom stereocenters. The Balaban J connectivity index is 2.40. The molecule has 0 spiro atoms. The van der Waals surface area contributed by atoms with Crippen LogP contribution in [0.1, 0.15) is 5.56 Å². The van der Waals surface area contributed by atoms with E-state index < -0.39 is 16.4 Å². The minimum Gasteiger partial charge on any atom is -0.868 e. The fraction of sp³-hybridized carbons (Fsp3) is 0. The number of nitro groups is 1. The molecule has 98 valence electrons. The van der Waals surface area contributed by atoms with Crippen LogP contribution in [0.15, 0.2) is 23.3 Å². The van der Waals surface area contributed by atoms with Crippen LogP contribution in [0, 0.1) is 19.7 Å². The second kappa shape index (κ2) is 5.12. The topological polar surface area (TPSA) is 115 Å². The normalized spacial score (nSPS) is 10.9. The zero-order valence-electron chi connectivity index (χ0n) is 9.19. The molecule has 0 radical (unpaired) electrons. The van der Waals surface area contributed by atoms with E-state index in [2.05, 4.69) is 15.3 Å². The SMILES string of the molecule is O=[N+]([O-])c1cc(/C=N\n2c(=S)[nH][nH]c2=S)ccc1[O-]. The highest BCUT2D eigenvalue weighted by molar-refractivity contribution is 7.72. The lowest BCUT2D eigenvalue weighted by Crippen LogP contribution is -1.99. The van der Waals surface area contributed by atoms with E-state index in [9.17, 15) is 15.2 Å². The van der Waals surface area contributed by atoms with Gasteiger partial charge in [-0.1, -0.05) is 12.1 Å². The summed E-state index contributed by atoms with van der Waals surface area (Å²) in [5.41, 5.74) is -0.115. The highest BCUT2D eigenvalue weighted by atomic mass is 32.1. The maximum Gasteiger partial charge on any atom is 0.262 e. The summed E-state index contributed by atoms with van der Waals surface area (Å²) >= 11 is 9.83. The molecule has 2 aromatic rings. The first-order valence-electron chi connectivity index (χ1n) is 4.88. The molecule has 0 saturated heterocycles. The number of nitro benzene ring substituents is 1. The standard InChI is InChI=1S/C9H7N5O3S2/c15-7-2-1-5(3-6(7)14(16)17)4-10-13-8(18)11-12-9(13)19/h1-4,15H,(H,11,18)(H,12,19)/p-1/b10-4-. The summed E-state index contributed by atoms with van der Waals surface area (Å²) in [5, 5.41) is 31.0. The number of rotatable bonds is 3. The van der Waals surface area contributed by atoms with E-state index in [0.29, 0.717) is 5.56 Å². The summed E-state index contributed by atoms with van der Waals surface area (Å²) in [7, 11) is 0. The van der Waals surface area contributed by atoms with Crippen molar-refractivity contribution in [2.24, 2.45) is 5.10 Å². The molecule has 1 aromatic heterocycles. The number of hydrogen-bond donors (Lipinski definition) is 2. The summed E-state index contributed by atoms with van der Waals surface area (Å²) in [4.78, 5) is 9.89. The van der Waals surface area contributed by atoms with E-state index in [4.69, 9.17) is 24.4 Å². The van der Waals surface area contributed by atoms with Crippen molar-refractivity contribution in [3.63, 3.8) is 0 Å². The number of H-pyrrole nitrogens is 2. The predicted octanol–water partition coefficient (Wildman–Crippen LogP) is 1.47. The van der Waals surface area contributed by atoms with Gasteiger partial charge in [0.1, 0.15) is 0 Å². The Morgan fingerprint density at radius 1 is 1.32 bits per heavy atom. The minimum atomic E-state index is -0.742. The third kappa shape index (κ3) is 2.74. The van der Waals surface area contributed by atoms with E-state index in [-0.39, 0.29) is 9.54 Å². The summed E-state index contributed by atoms with van der Waals surface area (Å²) in [6, 6.07) is 3.66. The first-order chi connectivity index (χ1) is 8.99. The van der Waals surface area contributed by atoms with Crippen molar-refractivity contribution >= 4 is 36.3 Å². The zero-order chi connectivity index (χ0) is 14.0. The summed E-state index contributed by atoms with van der Waals surface area (Å²) in [5.74, 6) is -0.655. The molecule has 1 heterocycles. The minimum absolute atomic E-state index is 0.260. The van der Waals surface area contributed by atoms with E-state index in [1.807, 2.05) is 0 Å². The van der Waals surface area contributed by atoms with Crippen LogP contribution in [0.25, 0.3) is 0 Å². The Hall–Kier alpha value is -2.33. The van der Waals surface area contributed by atoms with Crippen LogP contribution in [-0.2, 0) is 0 Å². The lowest BCUT2D eigenvalue weighted by molar-refractivity contribution is -0.398.